The summed E-state index contributed by atoms with van der Waals surface area (Å²) in [5.74, 6) is -0.384. The summed E-state index contributed by atoms with van der Waals surface area (Å²) in [6.45, 7) is 1.80. The van der Waals surface area contributed by atoms with Crippen LogP contribution >= 0.6 is 27.5 Å². The molecule has 0 bridgehead atoms. The fourth-order valence-corrected chi connectivity index (χ4v) is 2.66. The Kier molecular flexibility index (Phi) is 6.63. The largest absolute Gasteiger partial charge is 0.483 e. The van der Waals surface area contributed by atoms with Crippen molar-refractivity contribution >= 4 is 39.3 Å². The Morgan fingerprint density at radius 2 is 1.83 bits per heavy atom. The third kappa shape index (κ3) is 5.25. The van der Waals surface area contributed by atoms with E-state index in [2.05, 4.69) is 26.8 Å². The monoisotopic (exact) mass is 410 g/mol. The molecule has 0 saturated heterocycles. The van der Waals surface area contributed by atoms with Gasteiger partial charge in [0.2, 0.25) is 0 Å². The zero-order chi connectivity index (χ0) is 17.5. The van der Waals surface area contributed by atoms with Crippen LogP contribution in [0, 0.1) is 0 Å². The fourth-order valence-electron chi connectivity index (χ4n) is 1.86. The number of amides is 2. The molecule has 0 saturated carbocycles. The number of carbonyl (C=O) groups is 2. The number of hydrogen-bond donors (Lipinski definition) is 2. The highest BCUT2D eigenvalue weighted by molar-refractivity contribution is 9.10. The molecule has 0 aliphatic rings. The maximum absolute atomic E-state index is 11.9. The number of hydrogen-bond acceptors (Lipinski definition) is 3. The van der Waals surface area contributed by atoms with E-state index in [1.54, 1.807) is 30.3 Å². The quantitative estimate of drug-likeness (QED) is 0.740. The van der Waals surface area contributed by atoms with Crippen LogP contribution in [-0.2, 0) is 11.2 Å². The van der Waals surface area contributed by atoms with Crippen molar-refractivity contribution in [2.24, 2.45) is 0 Å². The van der Waals surface area contributed by atoms with Gasteiger partial charge in [0.15, 0.2) is 6.61 Å². The Balaban J connectivity index is 1.80. The van der Waals surface area contributed by atoms with Crippen LogP contribution in [0.1, 0.15) is 22.8 Å². The Labute approximate surface area is 153 Å². The SMILES string of the molecule is CCc1ccc(C(=O)NNC(=O)COc2ccc(Cl)cc2Br)cc1. The number of benzene rings is 2. The van der Waals surface area contributed by atoms with E-state index in [1.807, 2.05) is 19.1 Å². The van der Waals surface area contributed by atoms with E-state index in [1.165, 1.54) is 0 Å². The van der Waals surface area contributed by atoms with Crippen molar-refractivity contribution in [1.82, 2.24) is 10.9 Å². The summed E-state index contributed by atoms with van der Waals surface area (Å²) in [6.07, 6.45) is 0.899. The van der Waals surface area contributed by atoms with Crippen molar-refractivity contribution in [3.05, 3.63) is 63.1 Å². The number of ether oxygens (including phenoxy) is 1. The molecule has 2 amide bonds. The highest BCUT2D eigenvalue weighted by atomic mass is 79.9. The molecule has 126 valence electrons. The molecule has 0 aromatic heterocycles. The van der Waals surface area contributed by atoms with E-state index in [4.69, 9.17) is 16.3 Å². The van der Waals surface area contributed by atoms with Gasteiger partial charge >= 0.3 is 0 Å². The zero-order valence-electron chi connectivity index (χ0n) is 12.9. The molecule has 0 aliphatic heterocycles. The van der Waals surface area contributed by atoms with Crippen LogP contribution in [0.5, 0.6) is 5.75 Å². The topological polar surface area (TPSA) is 67.4 Å². The molecule has 7 heteroatoms. The van der Waals surface area contributed by atoms with Crippen molar-refractivity contribution in [3.63, 3.8) is 0 Å². The summed E-state index contributed by atoms with van der Waals surface area (Å²) >= 11 is 9.12. The van der Waals surface area contributed by atoms with Crippen molar-refractivity contribution < 1.29 is 14.3 Å². The van der Waals surface area contributed by atoms with E-state index in [-0.39, 0.29) is 6.61 Å². The van der Waals surface area contributed by atoms with Gasteiger partial charge in [-0.3, -0.25) is 20.4 Å². The molecule has 5 nitrogen and oxygen atoms in total. The number of halogens is 2. The number of rotatable bonds is 5. The molecule has 2 N–H and O–H groups in total. The minimum atomic E-state index is -0.477. The third-order valence-electron chi connectivity index (χ3n) is 3.19. The molecule has 0 heterocycles. The van der Waals surface area contributed by atoms with Gasteiger partial charge in [-0.2, -0.15) is 0 Å². The lowest BCUT2D eigenvalue weighted by molar-refractivity contribution is -0.123. The lowest BCUT2D eigenvalue weighted by atomic mass is 10.1. The molecular formula is C17H16BrClN2O3. The summed E-state index contributed by atoms with van der Waals surface area (Å²) in [5, 5.41) is 0.556. The Hall–Kier alpha value is -2.05. The lowest BCUT2D eigenvalue weighted by Gasteiger charge is -2.10. The molecule has 0 atom stereocenters. The second-order valence-corrected chi connectivity index (χ2v) is 6.21. The average molecular weight is 412 g/mol. The van der Waals surface area contributed by atoms with Gasteiger partial charge < -0.3 is 4.74 Å². The third-order valence-corrected chi connectivity index (χ3v) is 4.05. The van der Waals surface area contributed by atoms with E-state index >= 15 is 0 Å². The van der Waals surface area contributed by atoms with Gasteiger partial charge in [0.05, 0.1) is 4.47 Å². The number of hydrazine groups is 1. The average Bonchev–Trinajstić information content (AvgIpc) is 2.59. The van der Waals surface area contributed by atoms with Gasteiger partial charge in [0.1, 0.15) is 5.75 Å². The Morgan fingerprint density at radius 1 is 1.12 bits per heavy atom. The van der Waals surface area contributed by atoms with Gasteiger partial charge in [0, 0.05) is 10.6 Å². The maximum Gasteiger partial charge on any atom is 0.276 e. The maximum atomic E-state index is 11.9. The molecule has 0 aliphatic carbocycles. The normalized spacial score (nSPS) is 10.1. The van der Waals surface area contributed by atoms with Crippen molar-refractivity contribution in [2.75, 3.05) is 6.61 Å². The van der Waals surface area contributed by atoms with Crippen LogP contribution < -0.4 is 15.6 Å². The van der Waals surface area contributed by atoms with Crippen LogP contribution in [0.25, 0.3) is 0 Å². The first-order valence-electron chi connectivity index (χ1n) is 7.25. The predicted molar refractivity (Wildman–Crippen MR) is 96.1 cm³/mol. The number of nitrogens with one attached hydrogen (secondary N) is 2. The van der Waals surface area contributed by atoms with Crippen molar-refractivity contribution in [2.45, 2.75) is 13.3 Å². The van der Waals surface area contributed by atoms with Gasteiger partial charge in [-0.15, -0.1) is 0 Å². The van der Waals surface area contributed by atoms with Crippen LogP contribution in [0.15, 0.2) is 46.9 Å². The minimum absolute atomic E-state index is 0.241. The molecular weight excluding hydrogens is 396 g/mol. The van der Waals surface area contributed by atoms with E-state index in [9.17, 15) is 9.59 Å². The van der Waals surface area contributed by atoms with Crippen molar-refractivity contribution in [1.29, 1.82) is 0 Å². The van der Waals surface area contributed by atoms with Gasteiger partial charge in [0.25, 0.3) is 11.8 Å². The molecule has 0 spiro atoms. The first-order chi connectivity index (χ1) is 11.5. The summed E-state index contributed by atoms with van der Waals surface area (Å²) in [5.41, 5.74) is 6.25. The van der Waals surface area contributed by atoms with E-state index < -0.39 is 11.8 Å². The summed E-state index contributed by atoms with van der Waals surface area (Å²) < 4.78 is 5.99. The first kappa shape index (κ1) is 18.3. The predicted octanol–water partition coefficient (Wildman–Crippen LogP) is 3.50. The van der Waals surface area contributed by atoms with Gasteiger partial charge in [-0.05, 0) is 58.2 Å². The second-order valence-electron chi connectivity index (χ2n) is 4.92. The molecule has 2 rings (SSSR count). The van der Waals surface area contributed by atoms with E-state index in [0.29, 0.717) is 20.8 Å². The van der Waals surface area contributed by atoms with Gasteiger partial charge in [-0.25, -0.2) is 0 Å². The highest BCUT2D eigenvalue weighted by Crippen LogP contribution is 2.27. The molecule has 2 aromatic carbocycles. The van der Waals surface area contributed by atoms with Crippen LogP contribution in [0.3, 0.4) is 0 Å². The molecule has 0 fully saturated rings. The molecule has 0 unspecified atom stereocenters. The second kappa shape index (κ2) is 8.70. The molecule has 0 radical (unpaired) electrons. The van der Waals surface area contributed by atoms with Crippen molar-refractivity contribution in [3.8, 4) is 5.75 Å². The number of aryl methyl sites for hydroxylation is 1. The van der Waals surface area contributed by atoms with E-state index in [0.717, 1.165) is 12.0 Å². The summed E-state index contributed by atoms with van der Waals surface area (Å²) in [6, 6.07) is 12.1. The minimum Gasteiger partial charge on any atom is -0.483 e. The van der Waals surface area contributed by atoms with Crippen LogP contribution in [0.2, 0.25) is 5.02 Å². The van der Waals surface area contributed by atoms with Gasteiger partial charge in [-0.1, -0.05) is 30.7 Å². The smallest absolute Gasteiger partial charge is 0.276 e. The zero-order valence-corrected chi connectivity index (χ0v) is 15.3. The molecule has 24 heavy (non-hydrogen) atoms. The van der Waals surface area contributed by atoms with Crippen LogP contribution in [0.4, 0.5) is 0 Å². The standard InChI is InChI=1S/C17H16BrClN2O3/c1-2-11-3-5-12(6-4-11)17(23)21-20-16(22)10-24-15-8-7-13(19)9-14(15)18/h3-9H,2,10H2,1H3,(H,20,22)(H,21,23). The van der Waals surface area contributed by atoms with Crippen LogP contribution in [-0.4, -0.2) is 18.4 Å². The Morgan fingerprint density at radius 3 is 2.46 bits per heavy atom. The highest BCUT2D eigenvalue weighted by Gasteiger charge is 2.09. The molecule has 2 aromatic rings. The lowest BCUT2D eigenvalue weighted by Crippen LogP contribution is -2.43. The fraction of sp³-hybridized carbons (Fsp3) is 0.176. The summed E-state index contributed by atoms with van der Waals surface area (Å²) in [4.78, 5) is 23.7. The summed E-state index contributed by atoms with van der Waals surface area (Å²) in [7, 11) is 0. The Bertz CT molecular complexity index is 735. The number of carbonyl (C=O) groups excluding carboxylic acids is 2. The first-order valence-corrected chi connectivity index (χ1v) is 8.42.